The average molecular weight is 173 g/mol. The van der Waals surface area contributed by atoms with Gasteiger partial charge in [0.25, 0.3) is 0 Å². The summed E-state index contributed by atoms with van der Waals surface area (Å²) in [6.45, 7) is 4.01. The smallest absolute Gasteiger partial charge is 0.0696 e. The minimum absolute atomic E-state index is 0.0136. The van der Waals surface area contributed by atoms with E-state index in [1.165, 1.54) is 0 Å². The van der Waals surface area contributed by atoms with Crippen LogP contribution in [0, 0.1) is 0 Å². The van der Waals surface area contributed by atoms with E-state index in [2.05, 4.69) is 0 Å². The Labute approximate surface area is 72.6 Å². The summed E-state index contributed by atoms with van der Waals surface area (Å²) < 4.78 is 0. The first-order valence-corrected chi connectivity index (χ1v) is 4.06. The molecular formula is C9H13ClO. The number of benzene rings is 1. The van der Waals surface area contributed by atoms with Crippen molar-refractivity contribution < 1.29 is 5.11 Å². The van der Waals surface area contributed by atoms with Gasteiger partial charge in [0, 0.05) is 5.02 Å². The molecule has 0 aliphatic heterocycles. The molecule has 0 amide bonds. The molecule has 0 atom stereocenters. The second-order valence-corrected chi connectivity index (χ2v) is 2.16. The third-order valence-corrected chi connectivity index (χ3v) is 1.50. The summed E-state index contributed by atoms with van der Waals surface area (Å²) in [5.74, 6) is 0. The van der Waals surface area contributed by atoms with Crippen LogP contribution in [0.2, 0.25) is 5.02 Å². The molecule has 62 valence electrons. The van der Waals surface area contributed by atoms with Crippen LogP contribution in [0.25, 0.3) is 0 Å². The Bertz CT molecular complexity index is 199. The van der Waals surface area contributed by atoms with Crippen molar-refractivity contribution in [3.05, 3.63) is 34.9 Å². The molecule has 1 nitrogen and oxygen atoms in total. The first-order chi connectivity index (χ1) is 5.34. The Kier molecular flexibility index (Phi) is 5.90. The molecule has 0 spiro atoms. The maximum atomic E-state index is 8.63. The summed E-state index contributed by atoms with van der Waals surface area (Å²) in [5, 5.41) is 9.26. The summed E-state index contributed by atoms with van der Waals surface area (Å²) in [7, 11) is 0. The third kappa shape index (κ3) is 3.40. The molecule has 0 radical (unpaired) electrons. The van der Waals surface area contributed by atoms with E-state index < -0.39 is 0 Å². The quantitative estimate of drug-likeness (QED) is 0.691. The van der Waals surface area contributed by atoms with Crippen molar-refractivity contribution in [1.82, 2.24) is 0 Å². The van der Waals surface area contributed by atoms with Gasteiger partial charge in [0.15, 0.2) is 0 Å². The zero-order chi connectivity index (χ0) is 8.69. The molecule has 0 bridgehead atoms. The second kappa shape index (κ2) is 6.20. The van der Waals surface area contributed by atoms with E-state index in [4.69, 9.17) is 16.7 Å². The fourth-order valence-corrected chi connectivity index (χ4v) is 0.822. The van der Waals surface area contributed by atoms with Crippen LogP contribution in [0.4, 0.5) is 0 Å². The lowest BCUT2D eigenvalue weighted by Gasteiger charge is -1.95. The van der Waals surface area contributed by atoms with Gasteiger partial charge in [-0.05, 0) is 11.6 Å². The average Bonchev–Trinajstić information content (AvgIpc) is 2.09. The van der Waals surface area contributed by atoms with Gasteiger partial charge in [-0.1, -0.05) is 43.6 Å². The van der Waals surface area contributed by atoms with Crippen molar-refractivity contribution in [1.29, 1.82) is 0 Å². The second-order valence-electron chi connectivity index (χ2n) is 1.75. The zero-order valence-electron chi connectivity index (χ0n) is 6.84. The highest BCUT2D eigenvalue weighted by Gasteiger charge is 1.92. The van der Waals surface area contributed by atoms with E-state index in [0.717, 1.165) is 5.56 Å². The summed E-state index contributed by atoms with van der Waals surface area (Å²) in [4.78, 5) is 0. The molecule has 0 heterocycles. The van der Waals surface area contributed by atoms with Gasteiger partial charge in [-0.3, -0.25) is 0 Å². The lowest BCUT2D eigenvalue weighted by Crippen LogP contribution is -1.81. The third-order valence-electron chi connectivity index (χ3n) is 1.13. The van der Waals surface area contributed by atoms with Gasteiger partial charge in [-0.15, -0.1) is 0 Å². The fourth-order valence-electron chi connectivity index (χ4n) is 0.627. The Balaban J connectivity index is 0.000000461. The van der Waals surface area contributed by atoms with Crippen molar-refractivity contribution in [2.75, 3.05) is 0 Å². The zero-order valence-corrected chi connectivity index (χ0v) is 7.60. The molecule has 2 heteroatoms. The highest BCUT2D eigenvalue weighted by Crippen LogP contribution is 2.13. The van der Waals surface area contributed by atoms with Gasteiger partial charge in [0.1, 0.15) is 0 Å². The molecule has 1 N–H and O–H groups in total. The molecular weight excluding hydrogens is 160 g/mol. The SMILES string of the molecule is CC.OCc1ccccc1Cl. The predicted molar refractivity (Wildman–Crippen MR) is 48.7 cm³/mol. The van der Waals surface area contributed by atoms with Crippen LogP contribution in [0.3, 0.4) is 0 Å². The van der Waals surface area contributed by atoms with Crippen molar-refractivity contribution in [2.45, 2.75) is 20.5 Å². The van der Waals surface area contributed by atoms with Crippen molar-refractivity contribution in [3.63, 3.8) is 0 Å². The molecule has 1 rings (SSSR count). The topological polar surface area (TPSA) is 20.2 Å². The predicted octanol–water partition coefficient (Wildman–Crippen LogP) is 2.86. The maximum absolute atomic E-state index is 8.63. The first-order valence-electron chi connectivity index (χ1n) is 3.69. The first kappa shape index (κ1) is 10.5. The van der Waals surface area contributed by atoms with Crippen LogP contribution >= 0.6 is 11.6 Å². The normalized spacial score (nSPS) is 8.36. The monoisotopic (exact) mass is 172 g/mol. The highest BCUT2D eigenvalue weighted by atomic mass is 35.5. The molecule has 0 unspecified atom stereocenters. The number of aliphatic hydroxyl groups excluding tert-OH is 1. The van der Waals surface area contributed by atoms with Gasteiger partial charge in [0.2, 0.25) is 0 Å². The lowest BCUT2D eigenvalue weighted by atomic mass is 10.2. The van der Waals surface area contributed by atoms with Crippen molar-refractivity contribution in [3.8, 4) is 0 Å². The Hall–Kier alpha value is -0.530. The van der Waals surface area contributed by atoms with Gasteiger partial charge < -0.3 is 5.11 Å². The summed E-state index contributed by atoms with van der Waals surface area (Å²) >= 11 is 5.66. The largest absolute Gasteiger partial charge is 0.392 e. The van der Waals surface area contributed by atoms with Crippen molar-refractivity contribution in [2.24, 2.45) is 0 Å². The van der Waals surface area contributed by atoms with Crippen molar-refractivity contribution >= 4 is 11.6 Å². The number of hydrogen-bond donors (Lipinski definition) is 1. The molecule has 0 aliphatic rings. The fraction of sp³-hybridized carbons (Fsp3) is 0.333. The molecule has 0 fully saturated rings. The van der Waals surface area contributed by atoms with Crippen LogP contribution < -0.4 is 0 Å². The van der Waals surface area contributed by atoms with E-state index in [-0.39, 0.29) is 6.61 Å². The van der Waals surface area contributed by atoms with Gasteiger partial charge >= 0.3 is 0 Å². The molecule has 1 aromatic rings. The highest BCUT2D eigenvalue weighted by molar-refractivity contribution is 6.31. The molecule has 11 heavy (non-hydrogen) atoms. The van der Waals surface area contributed by atoms with Gasteiger partial charge in [-0.2, -0.15) is 0 Å². The molecule has 0 saturated carbocycles. The standard InChI is InChI=1S/C7H7ClO.C2H6/c8-7-4-2-1-3-6(7)5-9;1-2/h1-4,9H,5H2;1-2H3. The van der Waals surface area contributed by atoms with E-state index >= 15 is 0 Å². The number of hydrogen-bond acceptors (Lipinski definition) is 1. The summed E-state index contributed by atoms with van der Waals surface area (Å²) in [6.07, 6.45) is 0. The summed E-state index contributed by atoms with van der Waals surface area (Å²) in [5.41, 5.74) is 0.777. The Morgan fingerprint density at radius 1 is 1.27 bits per heavy atom. The number of halogens is 1. The molecule has 1 aromatic carbocycles. The van der Waals surface area contributed by atoms with Crippen LogP contribution in [-0.2, 0) is 6.61 Å². The molecule has 0 saturated heterocycles. The van der Waals surface area contributed by atoms with E-state index in [0.29, 0.717) is 5.02 Å². The lowest BCUT2D eigenvalue weighted by molar-refractivity contribution is 0.282. The van der Waals surface area contributed by atoms with E-state index in [1.807, 2.05) is 26.0 Å². The number of aliphatic hydroxyl groups is 1. The summed E-state index contributed by atoms with van der Waals surface area (Å²) in [6, 6.07) is 7.23. The molecule has 0 aliphatic carbocycles. The maximum Gasteiger partial charge on any atom is 0.0696 e. The van der Waals surface area contributed by atoms with Gasteiger partial charge in [0.05, 0.1) is 6.61 Å². The van der Waals surface area contributed by atoms with Crippen LogP contribution in [0.15, 0.2) is 24.3 Å². The van der Waals surface area contributed by atoms with Crippen LogP contribution in [-0.4, -0.2) is 5.11 Å². The minimum atomic E-state index is 0.0136. The van der Waals surface area contributed by atoms with Gasteiger partial charge in [-0.25, -0.2) is 0 Å². The Morgan fingerprint density at radius 2 is 1.82 bits per heavy atom. The number of rotatable bonds is 1. The van der Waals surface area contributed by atoms with E-state index in [1.54, 1.807) is 12.1 Å². The Morgan fingerprint density at radius 3 is 2.18 bits per heavy atom. The van der Waals surface area contributed by atoms with Crippen LogP contribution in [0.1, 0.15) is 19.4 Å². The van der Waals surface area contributed by atoms with E-state index in [9.17, 15) is 0 Å². The van der Waals surface area contributed by atoms with Crippen LogP contribution in [0.5, 0.6) is 0 Å². The molecule has 0 aromatic heterocycles. The minimum Gasteiger partial charge on any atom is -0.392 e.